The zero-order valence-corrected chi connectivity index (χ0v) is 12.3. The minimum atomic E-state index is -3.51. The van der Waals surface area contributed by atoms with E-state index in [0.29, 0.717) is 12.8 Å². The van der Waals surface area contributed by atoms with E-state index in [0.717, 1.165) is 0 Å². The van der Waals surface area contributed by atoms with Crippen LogP contribution in [0.3, 0.4) is 0 Å². The van der Waals surface area contributed by atoms with Crippen LogP contribution >= 0.6 is 0 Å². The fourth-order valence-electron chi connectivity index (χ4n) is 2.29. The molecule has 1 fully saturated rings. The molecule has 0 aliphatic carbocycles. The van der Waals surface area contributed by atoms with Crippen molar-refractivity contribution in [1.29, 1.82) is 0 Å². The quantitative estimate of drug-likeness (QED) is 0.797. The van der Waals surface area contributed by atoms with E-state index in [1.165, 1.54) is 6.92 Å². The van der Waals surface area contributed by atoms with Crippen LogP contribution in [0.4, 0.5) is 0 Å². The summed E-state index contributed by atoms with van der Waals surface area (Å²) in [7, 11) is -3.51. The van der Waals surface area contributed by atoms with Gasteiger partial charge in [0.1, 0.15) is 6.10 Å². The fourth-order valence-corrected chi connectivity index (χ4v) is 3.90. The molecule has 1 heterocycles. The van der Waals surface area contributed by atoms with Gasteiger partial charge in [-0.15, -0.1) is 0 Å². The molecule has 1 aliphatic rings. The highest BCUT2D eigenvalue weighted by Gasteiger charge is 2.37. The Balaban J connectivity index is 2.11. The summed E-state index contributed by atoms with van der Waals surface area (Å²) in [5.74, 6) is -0.380. The van der Waals surface area contributed by atoms with Crippen molar-refractivity contribution in [2.45, 2.75) is 49.2 Å². The molecule has 0 radical (unpaired) electrons. The number of sulfone groups is 1. The topological polar surface area (TPSA) is 69.7 Å². The molecule has 110 valence electrons. The van der Waals surface area contributed by atoms with Crippen LogP contribution in [0.25, 0.3) is 0 Å². The van der Waals surface area contributed by atoms with Gasteiger partial charge in [0.15, 0.2) is 5.44 Å². The molecule has 20 heavy (non-hydrogen) atoms. The number of carbonyl (C=O) groups is 1. The Hall–Kier alpha value is -1.40. The molecule has 1 aromatic carbocycles. The minimum absolute atomic E-state index is 0.253. The molecule has 2 rings (SSSR count). The van der Waals surface area contributed by atoms with Crippen LogP contribution in [-0.2, 0) is 24.1 Å². The van der Waals surface area contributed by atoms with Crippen molar-refractivity contribution in [1.82, 2.24) is 0 Å². The third-order valence-corrected chi connectivity index (χ3v) is 5.28. The lowest BCUT2D eigenvalue weighted by atomic mass is 10.1. The Morgan fingerprint density at radius 1 is 1.25 bits per heavy atom. The molecule has 0 amide bonds. The summed E-state index contributed by atoms with van der Waals surface area (Å²) in [6.45, 7) is 3.06. The Morgan fingerprint density at radius 3 is 2.45 bits per heavy atom. The van der Waals surface area contributed by atoms with E-state index in [2.05, 4.69) is 0 Å². The number of ether oxygens (including phenoxy) is 2. The van der Waals surface area contributed by atoms with Gasteiger partial charge in [-0.25, -0.2) is 8.42 Å². The van der Waals surface area contributed by atoms with E-state index in [4.69, 9.17) is 9.47 Å². The van der Waals surface area contributed by atoms with Gasteiger partial charge in [-0.05, 0) is 31.9 Å². The van der Waals surface area contributed by atoms with Crippen molar-refractivity contribution in [2.24, 2.45) is 0 Å². The number of benzene rings is 1. The predicted octanol–water partition coefficient (Wildman–Crippen LogP) is 1.92. The van der Waals surface area contributed by atoms with Gasteiger partial charge < -0.3 is 9.47 Å². The molecule has 6 heteroatoms. The molecular formula is C14H18O5S. The van der Waals surface area contributed by atoms with Crippen LogP contribution in [-0.4, -0.2) is 32.0 Å². The molecule has 0 spiro atoms. The van der Waals surface area contributed by atoms with E-state index in [1.807, 2.05) is 0 Å². The van der Waals surface area contributed by atoms with E-state index in [9.17, 15) is 13.2 Å². The summed E-state index contributed by atoms with van der Waals surface area (Å²) >= 11 is 0. The second-order valence-corrected chi connectivity index (χ2v) is 6.94. The van der Waals surface area contributed by atoms with Crippen LogP contribution in [0.2, 0.25) is 0 Å². The van der Waals surface area contributed by atoms with Crippen LogP contribution < -0.4 is 0 Å². The molecule has 0 bridgehead atoms. The summed E-state index contributed by atoms with van der Waals surface area (Å²) in [5, 5.41) is 0. The van der Waals surface area contributed by atoms with Crippen molar-refractivity contribution >= 4 is 15.8 Å². The Morgan fingerprint density at radius 2 is 1.90 bits per heavy atom. The lowest BCUT2D eigenvalue weighted by Crippen LogP contribution is -2.42. The van der Waals surface area contributed by atoms with Crippen molar-refractivity contribution in [2.75, 3.05) is 0 Å². The van der Waals surface area contributed by atoms with Gasteiger partial charge in [0.2, 0.25) is 9.84 Å². The summed E-state index contributed by atoms with van der Waals surface area (Å²) < 4.78 is 35.5. The van der Waals surface area contributed by atoms with Gasteiger partial charge >= 0.3 is 5.97 Å². The van der Waals surface area contributed by atoms with E-state index in [1.54, 1.807) is 37.3 Å². The molecule has 5 nitrogen and oxygen atoms in total. The number of rotatable bonds is 3. The second-order valence-electron chi connectivity index (χ2n) is 4.85. The van der Waals surface area contributed by atoms with Crippen molar-refractivity contribution in [3.8, 4) is 0 Å². The second kappa shape index (κ2) is 5.93. The first-order valence-corrected chi connectivity index (χ1v) is 8.07. The molecule has 1 saturated heterocycles. The van der Waals surface area contributed by atoms with Gasteiger partial charge in [0.05, 0.1) is 11.0 Å². The van der Waals surface area contributed by atoms with Crippen LogP contribution in [0.5, 0.6) is 0 Å². The molecule has 0 aromatic heterocycles. The zero-order chi connectivity index (χ0) is 14.8. The minimum Gasteiger partial charge on any atom is -0.460 e. The maximum Gasteiger partial charge on any atom is 0.302 e. The first kappa shape index (κ1) is 15.0. The third kappa shape index (κ3) is 3.19. The lowest BCUT2D eigenvalue weighted by molar-refractivity contribution is -0.161. The maximum atomic E-state index is 12.4. The number of hydrogen-bond acceptors (Lipinski definition) is 5. The van der Waals surface area contributed by atoms with E-state index in [-0.39, 0.29) is 17.0 Å². The average molecular weight is 298 g/mol. The summed E-state index contributed by atoms with van der Waals surface area (Å²) in [4.78, 5) is 11.2. The van der Waals surface area contributed by atoms with Crippen LogP contribution in [0.1, 0.15) is 26.7 Å². The van der Waals surface area contributed by atoms with Crippen LogP contribution in [0.15, 0.2) is 35.2 Å². The average Bonchev–Trinajstić information content (AvgIpc) is 2.41. The largest absolute Gasteiger partial charge is 0.460 e. The highest BCUT2D eigenvalue weighted by Crippen LogP contribution is 2.29. The van der Waals surface area contributed by atoms with Crippen molar-refractivity contribution < 1.29 is 22.7 Å². The molecule has 3 atom stereocenters. The molecule has 1 aliphatic heterocycles. The first-order valence-electron chi connectivity index (χ1n) is 6.53. The van der Waals surface area contributed by atoms with Gasteiger partial charge in [0.25, 0.3) is 0 Å². The molecule has 0 unspecified atom stereocenters. The lowest BCUT2D eigenvalue weighted by Gasteiger charge is -2.33. The Labute approximate surface area is 118 Å². The highest BCUT2D eigenvalue weighted by molar-refractivity contribution is 7.91. The van der Waals surface area contributed by atoms with Gasteiger partial charge in [0, 0.05) is 6.92 Å². The third-order valence-electron chi connectivity index (χ3n) is 3.31. The van der Waals surface area contributed by atoms with Crippen molar-refractivity contribution in [3.63, 3.8) is 0 Å². The molecular weight excluding hydrogens is 280 g/mol. The zero-order valence-electron chi connectivity index (χ0n) is 11.5. The van der Waals surface area contributed by atoms with Gasteiger partial charge in [-0.3, -0.25) is 4.79 Å². The molecule has 1 aromatic rings. The Bertz CT molecular complexity index is 566. The molecule has 0 saturated carbocycles. The highest BCUT2D eigenvalue weighted by atomic mass is 32.2. The fraction of sp³-hybridized carbons (Fsp3) is 0.500. The van der Waals surface area contributed by atoms with E-state index >= 15 is 0 Å². The number of carbonyl (C=O) groups excluding carboxylic acids is 1. The normalized spacial score (nSPS) is 27.0. The van der Waals surface area contributed by atoms with Crippen LogP contribution in [0, 0.1) is 0 Å². The van der Waals surface area contributed by atoms with E-state index < -0.39 is 21.4 Å². The summed E-state index contributed by atoms with van der Waals surface area (Å²) in [6, 6.07) is 8.24. The smallest absolute Gasteiger partial charge is 0.302 e. The predicted molar refractivity (Wildman–Crippen MR) is 72.8 cm³/mol. The SMILES string of the molecule is CC(=O)O[C@@H]1CC[C@H](S(=O)(=O)c2ccccc2)O[C@H]1C. The standard InChI is InChI=1S/C14H18O5S/c1-10-13(19-11(2)15)8-9-14(18-10)20(16,17)12-6-4-3-5-7-12/h3-7,10,13-14H,8-9H2,1-2H3/t10-,13+,14-/m0/s1. The first-order chi connectivity index (χ1) is 9.41. The van der Waals surface area contributed by atoms with Gasteiger partial charge in [-0.2, -0.15) is 0 Å². The maximum absolute atomic E-state index is 12.4. The number of hydrogen-bond donors (Lipinski definition) is 0. The Kier molecular flexibility index (Phi) is 4.45. The van der Waals surface area contributed by atoms with Gasteiger partial charge in [-0.1, -0.05) is 18.2 Å². The molecule has 0 N–H and O–H groups in total. The monoisotopic (exact) mass is 298 g/mol. The summed E-state index contributed by atoms with van der Waals surface area (Å²) in [6.07, 6.45) is -0.0114. The number of esters is 1. The summed E-state index contributed by atoms with van der Waals surface area (Å²) in [5.41, 5.74) is -0.883. The van der Waals surface area contributed by atoms with Crippen molar-refractivity contribution in [3.05, 3.63) is 30.3 Å².